The second-order valence-electron chi connectivity index (χ2n) is 4.70. The van der Waals surface area contributed by atoms with E-state index < -0.39 is 0 Å². The minimum Gasteiger partial charge on any atom is -0.489 e. The minimum atomic E-state index is 0.384. The van der Waals surface area contributed by atoms with Crippen molar-refractivity contribution in [3.8, 4) is 11.8 Å². The standard InChI is InChI=1S/C16H14N2O/c17-10-16-14(5-2-8-18-16)11-19-15-7-6-12-3-1-4-13(12)9-15/h2,5-9H,1,3-4,11H2. The summed E-state index contributed by atoms with van der Waals surface area (Å²) in [6.07, 6.45) is 5.18. The van der Waals surface area contributed by atoms with Crippen molar-refractivity contribution in [3.63, 3.8) is 0 Å². The lowest BCUT2D eigenvalue weighted by molar-refractivity contribution is 0.305. The van der Waals surface area contributed by atoms with Crippen molar-refractivity contribution < 1.29 is 4.74 Å². The lowest BCUT2D eigenvalue weighted by atomic mass is 10.1. The van der Waals surface area contributed by atoms with Crippen LogP contribution in [0.25, 0.3) is 0 Å². The van der Waals surface area contributed by atoms with Gasteiger partial charge in [0.2, 0.25) is 0 Å². The molecule has 0 aliphatic heterocycles. The molecule has 19 heavy (non-hydrogen) atoms. The number of pyridine rings is 1. The summed E-state index contributed by atoms with van der Waals surface area (Å²) in [7, 11) is 0. The molecule has 3 nitrogen and oxygen atoms in total. The summed E-state index contributed by atoms with van der Waals surface area (Å²) in [5.41, 5.74) is 4.09. The largest absolute Gasteiger partial charge is 0.489 e. The van der Waals surface area contributed by atoms with Gasteiger partial charge < -0.3 is 4.74 Å². The fourth-order valence-corrected chi connectivity index (χ4v) is 2.45. The monoisotopic (exact) mass is 250 g/mol. The zero-order chi connectivity index (χ0) is 13.1. The predicted molar refractivity (Wildman–Crippen MR) is 71.8 cm³/mol. The smallest absolute Gasteiger partial charge is 0.147 e. The number of nitrogens with zero attached hydrogens (tertiary/aromatic N) is 2. The van der Waals surface area contributed by atoms with E-state index in [-0.39, 0.29) is 0 Å². The molecule has 0 saturated carbocycles. The molecule has 0 unspecified atom stereocenters. The molecular formula is C16H14N2O. The Labute approximate surface area is 112 Å². The van der Waals surface area contributed by atoms with E-state index in [0.717, 1.165) is 17.7 Å². The summed E-state index contributed by atoms with van der Waals surface area (Å²) in [6, 6.07) is 12.0. The van der Waals surface area contributed by atoms with Gasteiger partial charge in [0.25, 0.3) is 0 Å². The van der Waals surface area contributed by atoms with Gasteiger partial charge in [0, 0.05) is 11.8 Å². The van der Waals surface area contributed by atoms with Crippen LogP contribution in [0.3, 0.4) is 0 Å². The van der Waals surface area contributed by atoms with E-state index in [4.69, 9.17) is 10.00 Å². The first-order chi connectivity index (χ1) is 9.36. The maximum atomic E-state index is 8.97. The van der Waals surface area contributed by atoms with Crippen LogP contribution < -0.4 is 4.74 Å². The minimum absolute atomic E-state index is 0.384. The molecule has 2 aromatic rings. The van der Waals surface area contributed by atoms with Crippen LogP contribution in [0.2, 0.25) is 0 Å². The highest BCUT2D eigenvalue weighted by Crippen LogP contribution is 2.26. The molecule has 0 radical (unpaired) electrons. The third-order valence-electron chi connectivity index (χ3n) is 3.46. The molecule has 1 aliphatic carbocycles. The van der Waals surface area contributed by atoms with E-state index >= 15 is 0 Å². The lowest BCUT2D eigenvalue weighted by Gasteiger charge is -2.08. The molecule has 0 amide bonds. The summed E-state index contributed by atoms with van der Waals surface area (Å²) in [4.78, 5) is 4.03. The number of aryl methyl sites for hydroxylation is 2. The van der Waals surface area contributed by atoms with E-state index in [1.54, 1.807) is 6.20 Å². The van der Waals surface area contributed by atoms with Gasteiger partial charge in [-0.25, -0.2) is 4.98 Å². The first-order valence-electron chi connectivity index (χ1n) is 6.45. The maximum absolute atomic E-state index is 8.97. The van der Waals surface area contributed by atoms with E-state index in [2.05, 4.69) is 23.2 Å². The van der Waals surface area contributed by atoms with Gasteiger partial charge in [-0.1, -0.05) is 12.1 Å². The van der Waals surface area contributed by atoms with Crippen LogP contribution in [0.1, 0.15) is 28.8 Å². The van der Waals surface area contributed by atoms with Crippen molar-refractivity contribution in [2.45, 2.75) is 25.9 Å². The highest BCUT2D eigenvalue weighted by Gasteiger charge is 2.11. The Kier molecular flexibility index (Phi) is 3.16. The molecule has 0 atom stereocenters. The average Bonchev–Trinajstić information content (AvgIpc) is 2.93. The number of fused-ring (bicyclic) bond motifs is 1. The summed E-state index contributed by atoms with van der Waals surface area (Å²) in [6.45, 7) is 0.384. The van der Waals surface area contributed by atoms with Crippen LogP contribution in [-0.2, 0) is 19.4 Å². The Balaban J connectivity index is 1.74. The summed E-state index contributed by atoms with van der Waals surface area (Å²) < 4.78 is 5.77. The molecule has 0 N–H and O–H groups in total. The zero-order valence-electron chi connectivity index (χ0n) is 10.6. The summed E-state index contributed by atoms with van der Waals surface area (Å²) >= 11 is 0. The van der Waals surface area contributed by atoms with Crippen molar-refractivity contribution in [1.82, 2.24) is 4.98 Å². The van der Waals surface area contributed by atoms with E-state index in [1.165, 1.54) is 24.0 Å². The van der Waals surface area contributed by atoms with Crippen molar-refractivity contribution in [2.24, 2.45) is 0 Å². The highest BCUT2D eigenvalue weighted by molar-refractivity contribution is 5.38. The third-order valence-corrected chi connectivity index (χ3v) is 3.46. The van der Waals surface area contributed by atoms with Gasteiger partial charge in [0.1, 0.15) is 24.1 Å². The summed E-state index contributed by atoms with van der Waals surface area (Å²) in [5.74, 6) is 0.869. The van der Waals surface area contributed by atoms with Crippen molar-refractivity contribution >= 4 is 0 Å². The Hall–Kier alpha value is -2.34. The predicted octanol–water partition coefficient (Wildman–Crippen LogP) is 3.02. The van der Waals surface area contributed by atoms with Gasteiger partial charge in [0.05, 0.1) is 0 Å². The molecule has 1 aliphatic rings. The topological polar surface area (TPSA) is 45.9 Å². The molecule has 1 aromatic carbocycles. The fourth-order valence-electron chi connectivity index (χ4n) is 2.45. The zero-order valence-corrected chi connectivity index (χ0v) is 10.6. The van der Waals surface area contributed by atoms with Crippen LogP contribution in [0.15, 0.2) is 36.5 Å². The Morgan fingerprint density at radius 3 is 3.00 bits per heavy atom. The van der Waals surface area contributed by atoms with Gasteiger partial charge in [-0.2, -0.15) is 5.26 Å². The SMILES string of the molecule is N#Cc1ncccc1COc1ccc2c(c1)CCC2. The first-order valence-corrected chi connectivity index (χ1v) is 6.45. The van der Waals surface area contributed by atoms with Gasteiger partial charge in [-0.15, -0.1) is 0 Å². The van der Waals surface area contributed by atoms with E-state index in [1.807, 2.05) is 18.2 Å². The number of benzene rings is 1. The number of rotatable bonds is 3. The van der Waals surface area contributed by atoms with Crippen LogP contribution in [0, 0.1) is 11.3 Å². The Bertz CT molecular complexity index is 643. The number of aromatic nitrogens is 1. The van der Waals surface area contributed by atoms with Crippen LogP contribution in [0.4, 0.5) is 0 Å². The van der Waals surface area contributed by atoms with Crippen LogP contribution >= 0.6 is 0 Å². The fraction of sp³-hybridized carbons (Fsp3) is 0.250. The molecule has 3 heteroatoms. The molecule has 0 fully saturated rings. The average molecular weight is 250 g/mol. The van der Waals surface area contributed by atoms with Crippen LogP contribution in [-0.4, -0.2) is 4.98 Å². The second-order valence-corrected chi connectivity index (χ2v) is 4.70. The second kappa shape index (κ2) is 5.11. The Morgan fingerprint density at radius 2 is 2.11 bits per heavy atom. The molecule has 1 aromatic heterocycles. The van der Waals surface area contributed by atoms with Gasteiger partial charge in [-0.05, 0) is 48.6 Å². The number of nitriles is 1. The highest BCUT2D eigenvalue weighted by atomic mass is 16.5. The molecule has 94 valence electrons. The van der Waals surface area contributed by atoms with Gasteiger partial charge in [0.15, 0.2) is 0 Å². The van der Waals surface area contributed by atoms with Crippen molar-refractivity contribution in [3.05, 3.63) is 58.9 Å². The quantitative estimate of drug-likeness (QED) is 0.841. The molecular weight excluding hydrogens is 236 g/mol. The summed E-state index contributed by atoms with van der Waals surface area (Å²) in [5, 5.41) is 8.97. The van der Waals surface area contributed by atoms with Crippen molar-refractivity contribution in [1.29, 1.82) is 5.26 Å². The van der Waals surface area contributed by atoms with Crippen LogP contribution in [0.5, 0.6) is 5.75 Å². The third kappa shape index (κ3) is 2.43. The number of hydrogen-bond donors (Lipinski definition) is 0. The maximum Gasteiger partial charge on any atom is 0.147 e. The Morgan fingerprint density at radius 1 is 1.21 bits per heavy atom. The molecule has 0 saturated heterocycles. The van der Waals surface area contributed by atoms with Gasteiger partial charge >= 0.3 is 0 Å². The molecule has 0 bridgehead atoms. The lowest BCUT2D eigenvalue weighted by Crippen LogP contribution is -2.00. The first kappa shape index (κ1) is 11.7. The van der Waals surface area contributed by atoms with Gasteiger partial charge in [-0.3, -0.25) is 0 Å². The molecule has 3 rings (SSSR count). The van der Waals surface area contributed by atoms with E-state index in [9.17, 15) is 0 Å². The number of hydrogen-bond acceptors (Lipinski definition) is 3. The van der Waals surface area contributed by atoms with Crippen molar-refractivity contribution in [2.75, 3.05) is 0 Å². The molecule has 1 heterocycles. The normalized spacial score (nSPS) is 12.8. The van der Waals surface area contributed by atoms with E-state index in [0.29, 0.717) is 12.3 Å². The molecule has 0 spiro atoms. The number of ether oxygens (including phenoxy) is 1.